The van der Waals surface area contributed by atoms with Gasteiger partial charge < -0.3 is 15.8 Å². The smallest absolute Gasteiger partial charge is 0.249 e. The molecule has 1 aromatic rings. The summed E-state index contributed by atoms with van der Waals surface area (Å²) in [6, 6.07) is 9.59. The summed E-state index contributed by atoms with van der Waals surface area (Å²) < 4.78 is 5.30. The Balaban J connectivity index is 0.00000162. The van der Waals surface area contributed by atoms with E-state index in [9.17, 15) is 4.79 Å². The minimum absolute atomic E-state index is 0. The average Bonchev–Trinajstić information content (AvgIpc) is 2.90. The maximum atomic E-state index is 11.7. The van der Waals surface area contributed by atoms with Gasteiger partial charge in [-0.2, -0.15) is 0 Å². The Morgan fingerprint density at radius 2 is 2.17 bits per heavy atom. The van der Waals surface area contributed by atoms with Crippen LogP contribution in [0.3, 0.4) is 0 Å². The third-order valence-corrected chi connectivity index (χ3v) is 2.95. The molecular weight excluding hydrogens is 252 g/mol. The van der Waals surface area contributed by atoms with Gasteiger partial charge in [0.1, 0.15) is 6.10 Å². The summed E-state index contributed by atoms with van der Waals surface area (Å²) in [6.45, 7) is 1.13. The second-order valence-corrected chi connectivity index (χ2v) is 4.26. The number of ether oxygens (including phenoxy) is 1. The van der Waals surface area contributed by atoms with Crippen LogP contribution < -0.4 is 11.1 Å². The van der Waals surface area contributed by atoms with E-state index in [1.54, 1.807) is 0 Å². The summed E-state index contributed by atoms with van der Waals surface area (Å²) in [5, 5.41) is 2.83. The molecule has 2 rings (SSSR count). The molecule has 0 saturated carbocycles. The standard InChI is InChI=1S/C13H18N2O2.ClH/c14-11(10-5-2-1-3-6-10)9-15-13(16)12-7-4-8-17-12;/h1-3,5-6,11-12H,4,7-9,14H2,(H,15,16);1H/t11?,12-;/m1./s1. The highest BCUT2D eigenvalue weighted by atomic mass is 35.5. The zero-order valence-corrected chi connectivity index (χ0v) is 11.0. The summed E-state index contributed by atoms with van der Waals surface area (Å²) in [4.78, 5) is 11.7. The molecule has 1 aliphatic rings. The van der Waals surface area contributed by atoms with Crippen LogP contribution >= 0.6 is 12.4 Å². The van der Waals surface area contributed by atoms with Gasteiger partial charge in [-0.25, -0.2) is 0 Å². The zero-order valence-electron chi connectivity index (χ0n) is 10.2. The van der Waals surface area contributed by atoms with Crippen LogP contribution in [0, 0.1) is 0 Å². The van der Waals surface area contributed by atoms with Crippen LogP contribution in [-0.4, -0.2) is 25.2 Å². The van der Waals surface area contributed by atoms with Crippen molar-refractivity contribution < 1.29 is 9.53 Å². The summed E-state index contributed by atoms with van der Waals surface area (Å²) in [5.74, 6) is -0.0473. The van der Waals surface area contributed by atoms with Crippen molar-refractivity contribution in [2.45, 2.75) is 25.0 Å². The van der Waals surface area contributed by atoms with Crippen molar-refractivity contribution in [2.75, 3.05) is 13.2 Å². The molecule has 100 valence electrons. The lowest BCUT2D eigenvalue weighted by atomic mass is 10.1. The van der Waals surface area contributed by atoms with Gasteiger partial charge in [0.2, 0.25) is 5.91 Å². The van der Waals surface area contributed by atoms with E-state index in [4.69, 9.17) is 10.5 Å². The first-order valence-corrected chi connectivity index (χ1v) is 5.97. The van der Waals surface area contributed by atoms with E-state index in [1.165, 1.54) is 0 Å². The first-order chi connectivity index (χ1) is 8.27. The topological polar surface area (TPSA) is 64.3 Å². The van der Waals surface area contributed by atoms with Gasteiger partial charge in [0.15, 0.2) is 0 Å². The van der Waals surface area contributed by atoms with Crippen LogP contribution in [0.25, 0.3) is 0 Å². The number of rotatable bonds is 4. The summed E-state index contributed by atoms with van der Waals surface area (Å²) in [6.07, 6.45) is 1.49. The first kappa shape index (κ1) is 15.0. The number of hydrogen-bond donors (Lipinski definition) is 2. The van der Waals surface area contributed by atoms with Gasteiger partial charge in [0, 0.05) is 19.2 Å². The van der Waals surface area contributed by atoms with Crippen molar-refractivity contribution >= 4 is 18.3 Å². The Morgan fingerprint density at radius 3 is 2.78 bits per heavy atom. The Hall–Kier alpha value is -1.10. The van der Waals surface area contributed by atoms with Crippen LogP contribution in [0.15, 0.2) is 30.3 Å². The molecule has 1 heterocycles. The lowest BCUT2D eigenvalue weighted by molar-refractivity contribution is -0.130. The number of benzene rings is 1. The van der Waals surface area contributed by atoms with Crippen molar-refractivity contribution in [1.82, 2.24) is 5.32 Å². The van der Waals surface area contributed by atoms with E-state index < -0.39 is 0 Å². The van der Waals surface area contributed by atoms with Gasteiger partial charge in [0.05, 0.1) is 0 Å². The van der Waals surface area contributed by atoms with E-state index in [-0.39, 0.29) is 30.5 Å². The molecule has 1 saturated heterocycles. The molecule has 5 heteroatoms. The molecule has 4 nitrogen and oxygen atoms in total. The van der Waals surface area contributed by atoms with Crippen molar-refractivity contribution in [3.05, 3.63) is 35.9 Å². The number of carbonyl (C=O) groups excluding carboxylic acids is 1. The number of nitrogens with one attached hydrogen (secondary N) is 1. The second-order valence-electron chi connectivity index (χ2n) is 4.26. The molecule has 1 fully saturated rings. The highest BCUT2D eigenvalue weighted by Crippen LogP contribution is 2.12. The lowest BCUT2D eigenvalue weighted by Gasteiger charge is -2.15. The molecule has 2 atom stereocenters. The molecule has 1 aromatic carbocycles. The fourth-order valence-electron chi connectivity index (χ4n) is 1.93. The van der Waals surface area contributed by atoms with Crippen molar-refractivity contribution in [2.24, 2.45) is 5.73 Å². The third kappa shape index (κ3) is 3.98. The quantitative estimate of drug-likeness (QED) is 0.869. The summed E-state index contributed by atoms with van der Waals surface area (Å²) in [5.41, 5.74) is 7.01. The maximum absolute atomic E-state index is 11.7. The normalized spacial score (nSPS) is 19.9. The lowest BCUT2D eigenvalue weighted by Crippen LogP contribution is -2.38. The Labute approximate surface area is 113 Å². The van der Waals surface area contributed by atoms with Gasteiger partial charge in [-0.15, -0.1) is 12.4 Å². The molecular formula is C13H19ClN2O2. The first-order valence-electron chi connectivity index (χ1n) is 5.97. The fourth-order valence-corrected chi connectivity index (χ4v) is 1.93. The van der Waals surface area contributed by atoms with E-state index in [2.05, 4.69) is 5.32 Å². The fraction of sp³-hybridized carbons (Fsp3) is 0.462. The molecule has 0 bridgehead atoms. The molecule has 0 aliphatic carbocycles. The van der Waals surface area contributed by atoms with Crippen molar-refractivity contribution in [3.8, 4) is 0 Å². The van der Waals surface area contributed by atoms with Crippen LogP contribution in [0.2, 0.25) is 0 Å². The number of halogens is 1. The highest BCUT2D eigenvalue weighted by Gasteiger charge is 2.23. The molecule has 0 spiro atoms. The predicted octanol–water partition coefficient (Wildman–Crippen LogP) is 1.40. The Kier molecular flexibility index (Phi) is 6.12. The average molecular weight is 271 g/mol. The molecule has 3 N–H and O–H groups in total. The van der Waals surface area contributed by atoms with E-state index in [0.29, 0.717) is 13.2 Å². The molecule has 0 radical (unpaired) electrons. The SMILES string of the molecule is Cl.NC(CNC(=O)[C@H]1CCCO1)c1ccccc1. The molecule has 1 unspecified atom stereocenters. The van der Waals surface area contributed by atoms with Gasteiger partial charge in [-0.05, 0) is 18.4 Å². The monoisotopic (exact) mass is 270 g/mol. The minimum atomic E-state index is -0.280. The maximum Gasteiger partial charge on any atom is 0.249 e. The van der Waals surface area contributed by atoms with Gasteiger partial charge in [0.25, 0.3) is 0 Å². The number of hydrogen-bond acceptors (Lipinski definition) is 3. The van der Waals surface area contributed by atoms with Crippen molar-refractivity contribution in [1.29, 1.82) is 0 Å². The molecule has 1 amide bonds. The molecule has 0 aromatic heterocycles. The van der Waals surface area contributed by atoms with Gasteiger partial charge >= 0.3 is 0 Å². The van der Waals surface area contributed by atoms with Gasteiger partial charge in [-0.3, -0.25) is 4.79 Å². The second kappa shape index (κ2) is 7.36. The summed E-state index contributed by atoms with van der Waals surface area (Å²) in [7, 11) is 0. The third-order valence-electron chi connectivity index (χ3n) is 2.95. The predicted molar refractivity (Wildman–Crippen MR) is 72.6 cm³/mol. The van der Waals surface area contributed by atoms with Crippen LogP contribution in [0.4, 0.5) is 0 Å². The van der Waals surface area contributed by atoms with E-state index in [0.717, 1.165) is 18.4 Å². The van der Waals surface area contributed by atoms with Gasteiger partial charge in [-0.1, -0.05) is 30.3 Å². The Morgan fingerprint density at radius 1 is 1.44 bits per heavy atom. The minimum Gasteiger partial charge on any atom is -0.368 e. The van der Waals surface area contributed by atoms with Crippen LogP contribution in [0.5, 0.6) is 0 Å². The summed E-state index contributed by atoms with van der Waals surface area (Å²) >= 11 is 0. The van der Waals surface area contributed by atoms with Crippen LogP contribution in [0.1, 0.15) is 24.4 Å². The highest BCUT2D eigenvalue weighted by molar-refractivity contribution is 5.85. The van der Waals surface area contributed by atoms with Crippen molar-refractivity contribution in [3.63, 3.8) is 0 Å². The number of nitrogens with two attached hydrogens (primary N) is 1. The zero-order chi connectivity index (χ0) is 12.1. The van der Waals surface area contributed by atoms with E-state index in [1.807, 2.05) is 30.3 Å². The van der Waals surface area contributed by atoms with Crippen LogP contribution in [-0.2, 0) is 9.53 Å². The largest absolute Gasteiger partial charge is 0.368 e. The molecule has 1 aliphatic heterocycles. The van der Waals surface area contributed by atoms with E-state index >= 15 is 0 Å². The Bertz CT molecular complexity index is 367. The number of amides is 1. The number of carbonyl (C=O) groups is 1. The molecule has 18 heavy (non-hydrogen) atoms.